The van der Waals surface area contributed by atoms with Gasteiger partial charge in [0, 0.05) is 23.4 Å². The maximum absolute atomic E-state index is 11.7. The Morgan fingerprint density at radius 1 is 0.955 bits per heavy atom. The first-order valence-corrected chi connectivity index (χ1v) is 7.61. The molecule has 0 aliphatic heterocycles. The average Bonchev–Trinajstić information content (AvgIpc) is 2.54. The van der Waals surface area contributed by atoms with Crippen molar-refractivity contribution in [2.75, 3.05) is 0 Å². The Labute approximate surface area is 130 Å². The number of carbonyl (C=O) groups excluding carboxylic acids is 1. The Kier molecular flexibility index (Phi) is 4.29. The van der Waals surface area contributed by atoms with Crippen molar-refractivity contribution in [3.05, 3.63) is 78.0 Å². The Balaban J connectivity index is 1.94. The minimum Gasteiger partial charge on any atom is -0.300 e. The molecular weight excluding hydrogens is 270 g/mol. The van der Waals surface area contributed by atoms with Crippen LogP contribution in [-0.2, 0) is 11.2 Å². The third-order valence-electron chi connectivity index (χ3n) is 3.90. The second-order valence-corrected chi connectivity index (χ2v) is 5.72. The molecule has 110 valence electrons. The molecule has 2 nitrogen and oxygen atoms in total. The number of hydrogen-bond acceptors (Lipinski definition) is 2. The first-order valence-electron chi connectivity index (χ1n) is 7.61. The van der Waals surface area contributed by atoms with E-state index >= 15 is 0 Å². The summed E-state index contributed by atoms with van der Waals surface area (Å²) >= 11 is 0. The summed E-state index contributed by atoms with van der Waals surface area (Å²) < 4.78 is 0. The highest BCUT2D eigenvalue weighted by Gasteiger charge is 2.16. The largest absolute Gasteiger partial charge is 0.300 e. The van der Waals surface area contributed by atoms with Crippen LogP contribution in [0.3, 0.4) is 0 Å². The van der Waals surface area contributed by atoms with Gasteiger partial charge in [-0.25, -0.2) is 0 Å². The normalized spacial score (nSPS) is 12.2. The number of nitrogens with zero attached hydrogens (tertiary/aromatic N) is 1. The molecule has 1 heterocycles. The van der Waals surface area contributed by atoms with Crippen LogP contribution in [-0.4, -0.2) is 10.8 Å². The van der Waals surface area contributed by atoms with Crippen molar-refractivity contribution in [2.45, 2.75) is 25.7 Å². The minimum atomic E-state index is 0.129. The van der Waals surface area contributed by atoms with E-state index in [1.807, 2.05) is 36.4 Å². The number of fused-ring (bicyclic) bond motifs is 1. The summed E-state index contributed by atoms with van der Waals surface area (Å²) in [7, 11) is 0. The molecule has 1 unspecified atom stereocenters. The maximum Gasteiger partial charge on any atom is 0.130 e. The Morgan fingerprint density at radius 2 is 1.68 bits per heavy atom. The highest BCUT2D eigenvalue weighted by molar-refractivity contribution is 5.79. The van der Waals surface area contributed by atoms with Crippen LogP contribution in [0, 0.1) is 0 Å². The van der Waals surface area contributed by atoms with Gasteiger partial charge in [0.25, 0.3) is 0 Å². The van der Waals surface area contributed by atoms with Crippen LogP contribution in [0.2, 0.25) is 0 Å². The molecule has 1 atom stereocenters. The molecule has 0 amide bonds. The third kappa shape index (κ3) is 3.40. The van der Waals surface area contributed by atoms with Crippen molar-refractivity contribution in [2.24, 2.45) is 0 Å². The van der Waals surface area contributed by atoms with Crippen LogP contribution in [0.25, 0.3) is 10.9 Å². The summed E-state index contributed by atoms with van der Waals surface area (Å²) in [6, 6.07) is 22.5. The summed E-state index contributed by atoms with van der Waals surface area (Å²) in [5.41, 5.74) is 3.23. The van der Waals surface area contributed by atoms with Crippen LogP contribution < -0.4 is 0 Å². The fourth-order valence-electron chi connectivity index (χ4n) is 2.84. The van der Waals surface area contributed by atoms with Crippen molar-refractivity contribution in [1.82, 2.24) is 4.98 Å². The number of rotatable bonds is 5. The molecule has 0 spiro atoms. The minimum absolute atomic E-state index is 0.129. The fourth-order valence-corrected chi connectivity index (χ4v) is 2.84. The lowest BCUT2D eigenvalue weighted by atomic mass is 9.91. The molecule has 0 bridgehead atoms. The summed E-state index contributed by atoms with van der Waals surface area (Å²) in [4.78, 5) is 16.4. The topological polar surface area (TPSA) is 30.0 Å². The standard InChI is InChI=1S/C20H19NO/c1-15(22)13-18(14-16-7-3-2-4-8-16)20-12-11-17-9-5-6-10-19(17)21-20/h2-12,18H,13-14H2,1H3. The zero-order valence-electron chi connectivity index (χ0n) is 12.7. The van der Waals surface area contributed by atoms with Crippen molar-refractivity contribution in [3.8, 4) is 0 Å². The summed E-state index contributed by atoms with van der Waals surface area (Å²) in [6.45, 7) is 1.65. The zero-order chi connectivity index (χ0) is 15.4. The molecule has 22 heavy (non-hydrogen) atoms. The number of aromatic nitrogens is 1. The number of ketones is 1. The predicted molar refractivity (Wildman–Crippen MR) is 89.9 cm³/mol. The second kappa shape index (κ2) is 6.52. The van der Waals surface area contributed by atoms with Crippen LogP contribution in [0.4, 0.5) is 0 Å². The van der Waals surface area contributed by atoms with E-state index in [1.165, 1.54) is 5.56 Å². The number of pyridine rings is 1. The summed E-state index contributed by atoms with van der Waals surface area (Å²) in [5, 5.41) is 1.13. The molecule has 0 aliphatic rings. The molecule has 2 heteroatoms. The van der Waals surface area contributed by atoms with E-state index in [1.54, 1.807) is 6.92 Å². The van der Waals surface area contributed by atoms with E-state index in [4.69, 9.17) is 4.98 Å². The predicted octanol–water partition coefficient (Wildman–Crippen LogP) is 4.54. The lowest BCUT2D eigenvalue weighted by Gasteiger charge is -2.16. The van der Waals surface area contributed by atoms with Crippen molar-refractivity contribution in [1.29, 1.82) is 0 Å². The molecule has 0 radical (unpaired) electrons. The SMILES string of the molecule is CC(=O)CC(Cc1ccccc1)c1ccc2ccccc2n1. The smallest absolute Gasteiger partial charge is 0.130 e. The average molecular weight is 289 g/mol. The third-order valence-corrected chi connectivity index (χ3v) is 3.90. The van der Waals surface area contributed by atoms with Crippen molar-refractivity contribution < 1.29 is 4.79 Å². The van der Waals surface area contributed by atoms with Crippen LogP contribution in [0.5, 0.6) is 0 Å². The monoisotopic (exact) mass is 289 g/mol. The van der Waals surface area contributed by atoms with Gasteiger partial charge < -0.3 is 4.79 Å². The number of benzene rings is 2. The van der Waals surface area contributed by atoms with Gasteiger partial charge in [-0.15, -0.1) is 0 Å². The molecular formula is C20H19NO. The van der Waals surface area contributed by atoms with E-state index in [2.05, 4.69) is 30.3 Å². The molecule has 0 saturated heterocycles. The first-order chi connectivity index (χ1) is 10.7. The van der Waals surface area contributed by atoms with Crippen LogP contribution in [0.1, 0.15) is 30.5 Å². The van der Waals surface area contributed by atoms with E-state index in [0.717, 1.165) is 23.0 Å². The lowest BCUT2D eigenvalue weighted by molar-refractivity contribution is -0.117. The molecule has 0 N–H and O–H groups in total. The quantitative estimate of drug-likeness (QED) is 0.690. The van der Waals surface area contributed by atoms with E-state index in [0.29, 0.717) is 6.42 Å². The highest BCUT2D eigenvalue weighted by Crippen LogP contribution is 2.25. The zero-order valence-corrected chi connectivity index (χ0v) is 12.7. The maximum atomic E-state index is 11.7. The van der Waals surface area contributed by atoms with Crippen molar-refractivity contribution >= 4 is 16.7 Å². The Bertz CT molecular complexity index is 780. The molecule has 3 rings (SSSR count). The Morgan fingerprint density at radius 3 is 2.45 bits per heavy atom. The second-order valence-electron chi connectivity index (χ2n) is 5.72. The van der Waals surface area contributed by atoms with Gasteiger partial charge in [0.05, 0.1) is 5.52 Å². The van der Waals surface area contributed by atoms with Gasteiger partial charge in [-0.3, -0.25) is 4.98 Å². The van der Waals surface area contributed by atoms with Crippen LogP contribution >= 0.6 is 0 Å². The van der Waals surface area contributed by atoms with Gasteiger partial charge in [-0.2, -0.15) is 0 Å². The Hall–Kier alpha value is -2.48. The fraction of sp³-hybridized carbons (Fsp3) is 0.200. The van der Waals surface area contributed by atoms with E-state index in [9.17, 15) is 4.79 Å². The van der Waals surface area contributed by atoms with Gasteiger partial charge >= 0.3 is 0 Å². The summed E-state index contributed by atoms with van der Waals surface area (Å²) in [6.07, 6.45) is 1.37. The van der Waals surface area contributed by atoms with E-state index in [-0.39, 0.29) is 11.7 Å². The molecule has 1 aromatic heterocycles. The van der Waals surface area contributed by atoms with Gasteiger partial charge in [0.1, 0.15) is 5.78 Å². The molecule has 0 aliphatic carbocycles. The number of Topliss-reactive ketones (excluding diaryl/α,β-unsaturated/α-hetero) is 1. The molecule has 2 aromatic carbocycles. The van der Waals surface area contributed by atoms with Crippen LogP contribution in [0.15, 0.2) is 66.7 Å². The summed E-state index contributed by atoms with van der Waals surface area (Å²) in [5.74, 6) is 0.334. The number of para-hydroxylation sites is 1. The highest BCUT2D eigenvalue weighted by atomic mass is 16.1. The molecule has 3 aromatic rings. The van der Waals surface area contributed by atoms with Gasteiger partial charge in [0.15, 0.2) is 0 Å². The van der Waals surface area contributed by atoms with Gasteiger partial charge in [0.2, 0.25) is 0 Å². The lowest BCUT2D eigenvalue weighted by Crippen LogP contribution is -2.09. The van der Waals surface area contributed by atoms with Gasteiger partial charge in [-0.05, 0) is 31.0 Å². The molecule has 0 saturated carbocycles. The van der Waals surface area contributed by atoms with E-state index < -0.39 is 0 Å². The van der Waals surface area contributed by atoms with Gasteiger partial charge in [-0.1, -0.05) is 54.6 Å². The van der Waals surface area contributed by atoms with Crippen molar-refractivity contribution in [3.63, 3.8) is 0 Å². The first kappa shape index (κ1) is 14.5. The number of hydrogen-bond donors (Lipinski definition) is 0. The molecule has 0 fully saturated rings. The number of carbonyl (C=O) groups is 1.